The first-order valence-electron chi connectivity index (χ1n) is 5.73. The molecule has 0 radical (unpaired) electrons. The lowest BCUT2D eigenvalue weighted by Gasteiger charge is -2.06. The van der Waals surface area contributed by atoms with Gasteiger partial charge in [-0.1, -0.05) is 6.92 Å². The largest absolute Gasteiger partial charge is 0.381 e. The van der Waals surface area contributed by atoms with Crippen LogP contribution in [-0.2, 0) is 4.74 Å². The van der Waals surface area contributed by atoms with E-state index < -0.39 is 4.92 Å². The van der Waals surface area contributed by atoms with Gasteiger partial charge in [0.25, 0.3) is 0 Å². The number of rotatable bonds is 8. The second kappa shape index (κ2) is 7.38. The van der Waals surface area contributed by atoms with Gasteiger partial charge in [0.05, 0.1) is 4.92 Å². The minimum atomic E-state index is -0.592. The molecule has 18 heavy (non-hydrogen) atoms. The second-order valence-corrected chi connectivity index (χ2v) is 3.61. The molecule has 8 nitrogen and oxygen atoms in total. The Labute approximate surface area is 105 Å². The van der Waals surface area contributed by atoms with Gasteiger partial charge in [-0.3, -0.25) is 10.1 Å². The van der Waals surface area contributed by atoms with Crippen molar-refractivity contribution < 1.29 is 9.66 Å². The summed E-state index contributed by atoms with van der Waals surface area (Å²) < 4.78 is 5.29. The van der Waals surface area contributed by atoms with Crippen molar-refractivity contribution in [3.05, 3.63) is 16.4 Å². The average Bonchev–Trinajstić information content (AvgIpc) is 2.33. The monoisotopic (exact) mass is 255 g/mol. The minimum absolute atomic E-state index is 0.139. The molecule has 8 heteroatoms. The number of nitrogen functional groups attached to an aromatic ring is 1. The smallest absolute Gasteiger partial charge is 0.352 e. The van der Waals surface area contributed by atoms with E-state index in [-0.39, 0.29) is 17.3 Å². The van der Waals surface area contributed by atoms with Gasteiger partial charge in [-0.25, -0.2) is 9.97 Å². The second-order valence-electron chi connectivity index (χ2n) is 3.61. The van der Waals surface area contributed by atoms with Crippen molar-refractivity contribution in [3.8, 4) is 0 Å². The Hall–Kier alpha value is -1.96. The van der Waals surface area contributed by atoms with Gasteiger partial charge >= 0.3 is 5.69 Å². The molecule has 0 saturated heterocycles. The summed E-state index contributed by atoms with van der Waals surface area (Å²) in [4.78, 5) is 17.6. The summed E-state index contributed by atoms with van der Waals surface area (Å²) in [5.41, 5.74) is 5.15. The molecule has 0 spiro atoms. The predicted octanol–water partition coefficient (Wildman–Crippen LogP) is 1.20. The van der Waals surface area contributed by atoms with E-state index >= 15 is 0 Å². The summed E-state index contributed by atoms with van der Waals surface area (Å²) in [7, 11) is 0. The van der Waals surface area contributed by atoms with Crippen LogP contribution in [0.25, 0.3) is 0 Å². The Bertz CT molecular complexity index is 399. The van der Waals surface area contributed by atoms with E-state index in [0.29, 0.717) is 13.2 Å². The highest BCUT2D eigenvalue weighted by molar-refractivity contribution is 5.67. The Morgan fingerprint density at radius 3 is 2.94 bits per heavy atom. The van der Waals surface area contributed by atoms with Gasteiger partial charge in [0.2, 0.25) is 11.6 Å². The molecule has 0 aliphatic heterocycles. The molecule has 0 amide bonds. The van der Waals surface area contributed by atoms with Gasteiger partial charge in [-0.15, -0.1) is 0 Å². The van der Waals surface area contributed by atoms with Gasteiger partial charge < -0.3 is 15.8 Å². The summed E-state index contributed by atoms with van der Waals surface area (Å²) in [5.74, 6) is 0.00252. The van der Waals surface area contributed by atoms with E-state index in [1.54, 1.807) is 0 Å². The molecule has 0 fully saturated rings. The van der Waals surface area contributed by atoms with Crippen LogP contribution in [0.4, 0.5) is 17.3 Å². The topological polar surface area (TPSA) is 116 Å². The molecular formula is C10H17N5O3. The molecule has 100 valence electrons. The van der Waals surface area contributed by atoms with Crippen LogP contribution in [0.2, 0.25) is 0 Å². The van der Waals surface area contributed by atoms with Crippen molar-refractivity contribution in [2.45, 2.75) is 19.8 Å². The molecule has 1 heterocycles. The number of ether oxygens (including phenoxy) is 1. The van der Waals surface area contributed by atoms with Gasteiger partial charge in [0, 0.05) is 19.8 Å². The third-order valence-corrected chi connectivity index (χ3v) is 2.14. The van der Waals surface area contributed by atoms with Crippen molar-refractivity contribution in [3.63, 3.8) is 0 Å². The summed E-state index contributed by atoms with van der Waals surface area (Å²) in [6.45, 7) is 3.89. The molecule has 0 bridgehead atoms. The third-order valence-electron chi connectivity index (χ3n) is 2.14. The van der Waals surface area contributed by atoms with Gasteiger partial charge in [-0.05, 0) is 12.8 Å². The fourth-order valence-electron chi connectivity index (χ4n) is 1.33. The Kier molecular flexibility index (Phi) is 5.78. The van der Waals surface area contributed by atoms with Gasteiger partial charge in [0.15, 0.2) is 0 Å². The summed E-state index contributed by atoms with van der Waals surface area (Å²) in [6.07, 6.45) is 2.90. The lowest BCUT2D eigenvalue weighted by atomic mass is 10.4. The van der Waals surface area contributed by atoms with E-state index in [0.717, 1.165) is 19.4 Å². The van der Waals surface area contributed by atoms with Gasteiger partial charge in [-0.2, -0.15) is 0 Å². The lowest BCUT2D eigenvalue weighted by molar-refractivity contribution is -0.383. The van der Waals surface area contributed by atoms with Crippen LogP contribution in [0.1, 0.15) is 19.8 Å². The molecule has 0 atom stereocenters. The van der Waals surface area contributed by atoms with Crippen molar-refractivity contribution >= 4 is 17.3 Å². The van der Waals surface area contributed by atoms with Gasteiger partial charge in [0.1, 0.15) is 6.33 Å². The normalized spacial score (nSPS) is 10.3. The quantitative estimate of drug-likeness (QED) is 0.407. The maximum absolute atomic E-state index is 10.8. The maximum Gasteiger partial charge on any atom is 0.352 e. The molecule has 1 aromatic heterocycles. The van der Waals surface area contributed by atoms with Crippen molar-refractivity contribution in [1.82, 2.24) is 9.97 Å². The van der Waals surface area contributed by atoms with E-state index in [9.17, 15) is 10.1 Å². The number of hydrogen-bond acceptors (Lipinski definition) is 7. The molecule has 0 aromatic carbocycles. The highest BCUT2D eigenvalue weighted by atomic mass is 16.6. The lowest BCUT2D eigenvalue weighted by Crippen LogP contribution is -2.10. The van der Waals surface area contributed by atoms with Crippen LogP contribution in [0.15, 0.2) is 6.33 Å². The molecule has 0 saturated carbocycles. The maximum atomic E-state index is 10.8. The molecule has 0 aliphatic carbocycles. The fourth-order valence-corrected chi connectivity index (χ4v) is 1.33. The zero-order valence-electron chi connectivity index (χ0n) is 10.3. The first-order chi connectivity index (χ1) is 8.66. The Balaban J connectivity index is 2.47. The number of hydrogen-bond donors (Lipinski definition) is 2. The van der Waals surface area contributed by atoms with Crippen LogP contribution in [0, 0.1) is 10.1 Å². The number of nitrogens with zero attached hydrogens (tertiary/aromatic N) is 3. The minimum Gasteiger partial charge on any atom is -0.381 e. The molecule has 3 N–H and O–H groups in total. The number of anilines is 2. The molecule has 1 rings (SSSR count). The van der Waals surface area contributed by atoms with Crippen LogP contribution >= 0.6 is 0 Å². The van der Waals surface area contributed by atoms with E-state index in [2.05, 4.69) is 15.3 Å². The van der Waals surface area contributed by atoms with E-state index in [1.165, 1.54) is 6.33 Å². The number of aromatic nitrogens is 2. The van der Waals surface area contributed by atoms with Crippen molar-refractivity contribution in [2.24, 2.45) is 0 Å². The highest BCUT2D eigenvalue weighted by Crippen LogP contribution is 2.25. The average molecular weight is 255 g/mol. The highest BCUT2D eigenvalue weighted by Gasteiger charge is 2.20. The molecular weight excluding hydrogens is 238 g/mol. The standard InChI is InChI=1S/C10H17N5O3/c1-2-5-18-6-3-4-12-10-8(15(16)17)9(11)13-7-14-10/h7H,2-6H2,1H3,(H3,11,12,13,14). The van der Waals surface area contributed by atoms with Crippen LogP contribution < -0.4 is 11.1 Å². The van der Waals surface area contributed by atoms with Crippen molar-refractivity contribution in [1.29, 1.82) is 0 Å². The van der Waals surface area contributed by atoms with Crippen molar-refractivity contribution in [2.75, 3.05) is 30.8 Å². The number of nitrogens with two attached hydrogens (primary N) is 1. The Morgan fingerprint density at radius 1 is 1.50 bits per heavy atom. The predicted molar refractivity (Wildman–Crippen MR) is 67.3 cm³/mol. The molecule has 1 aromatic rings. The SMILES string of the molecule is CCCOCCCNc1ncnc(N)c1[N+](=O)[O-]. The summed E-state index contributed by atoms with van der Waals surface area (Å²) >= 11 is 0. The Morgan fingerprint density at radius 2 is 2.28 bits per heavy atom. The molecule has 0 unspecified atom stereocenters. The van der Waals surface area contributed by atoms with Crippen LogP contribution in [0.5, 0.6) is 0 Å². The van der Waals surface area contributed by atoms with Crippen LogP contribution in [-0.4, -0.2) is 34.6 Å². The first-order valence-corrected chi connectivity index (χ1v) is 5.73. The van der Waals surface area contributed by atoms with Crippen LogP contribution in [0.3, 0.4) is 0 Å². The number of nitro groups is 1. The first kappa shape index (κ1) is 14.1. The summed E-state index contributed by atoms with van der Waals surface area (Å²) in [5, 5.41) is 13.7. The zero-order chi connectivity index (χ0) is 13.4. The third kappa shape index (κ3) is 4.13. The fraction of sp³-hybridized carbons (Fsp3) is 0.600. The van der Waals surface area contributed by atoms with E-state index in [1.807, 2.05) is 6.92 Å². The zero-order valence-corrected chi connectivity index (χ0v) is 10.3. The number of nitrogens with one attached hydrogen (secondary N) is 1. The van der Waals surface area contributed by atoms with E-state index in [4.69, 9.17) is 10.5 Å². The molecule has 0 aliphatic rings. The summed E-state index contributed by atoms with van der Waals surface area (Å²) in [6, 6.07) is 0.